The Morgan fingerprint density at radius 1 is 1.06 bits per heavy atom. The summed E-state index contributed by atoms with van der Waals surface area (Å²) in [5, 5.41) is 0.885. The summed E-state index contributed by atoms with van der Waals surface area (Å²) >= 11 is 1.46. The fraction of sp³-hybridized carbons (Fsp3) is 0.462. The number of benzene rings is 2. The van der Waals surface area contributed by atoms with E-state index in [1.54, 1.807) is 23.1 Å². The van der Waals surface area contributed by atoms with Crippen molar-refractivity contribution in [2.24, 2.45) is 5.92 Å². The lowest BCUT2D eigenvalue weighted by molar-refractivity contribution is -0.133. The van der Waals surface area contributed by atoms with Crippen LogP contribution in [0.1, 0.15) is 36.4 Å². The van der Waals surface area contributed by atoms with Crippen molar-refractivity contribution < 1.29 is 13.2 Å². The van der Waals surface area contributed by atoms with Gasteiger partial charge in [-0.15, -0.1) is 11.3 Å². The van der Waals surface area contributed by atoms with Gasteiger partial charge in [-0.2, -0.15) is 4.72 Å². The van der Waals surface area contributed by atoms with E-state index < -0.39 is 16.1 Å². The van der Waals surface area contributed by atoms with Crippen molar-refractivity contribution in [1.82, 2.24) is 14.6 Å². The van der Waals surface area contributed by atoms with Crippen LogP contribution in [0, 0.1) is 26.7 Å². The molecule has 2 aromatic carbocycles. The van der Waals surface area contributed by atoms with Gasteiger partial charge in [0, 0.05) is 31.9 Å². The molecule has 1 aliphatic rings. The number of anilines is 1. The average molecular weight is 515 g/mol. The van der Waals surface area contributed by atoms with Crippen molar-refractivity contribution in [1.29, 1.82) is 0 Å². The minimum absolute atomic E-state index is 0.155. The van der Waals surface area contributed by atoms with E-state index >= 15 is 0 Å². The highest BCUT2D eigenvalue weighted by Crippen LogP contribution is 2.26. The Morgan fingerprint density at radius 2 is 1.77 bits per heavy atom. The molecule has 3 aromatic rings. The molecule has 35 heavy (non-hydrogen) atoms. The number of piperazine rings is 1. The average Bonchev–Trinajstić information content (AvgIpc) is 3.18. The lowest BCUT2D eigenvalue weighted by atomic mass is 10.0. The predicted molar refractivity (Wildman–Crippen MR) is 143 cm³/mol. The van der Waals surface area contributed by atoms with Crippen molar-refractivity contribution in [3.05, 3.63) is 52.5 Å². The molecule has 1 fully saturated rings. The molecule has 1 amide bonds. The third-order valence-corrected chi connectivity index (χ3v) is 8.78. The molecule has 4 rings (SSSR count). The Bertz CT molecular complexity index is 1330. The number of nitrogens with one attached hydrogen (secondary N) is 1. The second kappa shape index (κ2) is 10.2. The van der Waals surface area contributed by atoms with Crippen LogP contribution >= 0.6 is 11.3 Å². The van der Waals surface area contributed by atoms with Crippen molar-refractivity contribution in [2.75, 3.05) is 31.1 Å². The molecule has 1 saturated heterocycles. The van der Waals surface area contributed by atoms with Crippen LogP contribution in [-0.2, 0) is 14.8 Å². The fourth-order valence-corrected chi connectivity index (χ4v) is 6.73. The van der Waals surface area contributed by atoms with Crippen LogP contribution in [0.4, 0.5) is 5.69 Å². The third-order valence-electron chi connectivity index (χ3n) is 6.38. The summed E-state index contributed by atoms with van der Waals surface area (Å²) < 4.78 is 30.1. The van der Waals surface area contributed by atoms with Gasteiger partial charge in [0.25, 0.3) is 0 Å². The van der Waals surface area contributed by atoms with Crippen molar-refractivity contribution in [3.63, 3.8) is 0 Å². The molecule has 0 bridgehead atoms. The lowest BCUT2D eigenvalue weighted by Crippen LogP contribution is -2.55. The lowest BCUT2D eigenvalue weighted by Gasteiger charge is -2.38. The van der Waals surface area contributed by atoms with Gasteiger partial charge in [0.05, 0.1) is 20.1 Å². The van der Waals surface area contributed by atoms with E-state index in [0.717, 1.165) is 28.3 Å². The molecule has 7 nitrogen and oxygen atoms in total. The first-order valence-corrected chi connectivity index (χ1v) is 14.3. The Labute approximate surface area is 212 Å². The number of aromatic nitrogens is 1. The van der Waals surface area contributed by atoms with Crippen molar-refractivity contribution in [2.45, 2.75) is 52.0 Å². The molecule has 188 valence electrons. The molecule has 1 N–H and O–H groups in total. The fourth-order valence-electron chi connectivity index (χ4n) is 4.56. The number of thiazole rings is 1. The van der Waals surface area contributed by atoms with Gasteiger partial charge in [0.2, 0.25) is 15.9 Å². The number of hydrogen-bond acceptors (Lipinski definition) is 6. The van der Waals surface area contributed by atoms with E-state index in [0.29, 0.717) is 19.5 Å². The number of carbonyl (C=O) groups excluding carboxylic acids is 1. The summed E-state index contributed by atoms with van der Waals surface area (Å²) in [4.78, 5) is 22.2. The van der Waals surface area contributed by atoms with E-state index in [1.807, 2.05) is 20.8 Å². The Balaban J connectivity index is 1.48. The Kier molecular flexibility index (Phi) is 7.49. The van der Waals surface area contributed by atoms with Crippen LogP contribution in [-0.4, -0.2) is 56.4 Å². The second-order valence-electron chi connectivity index (χ2n) is 9.77. The number of fused-ring (bicyclic) bond motifs is 1. The van der Waals surface area contributed by atoms with Crippen molar-refractivity contribution >= 4 is 43.2 Å². The third kappa shape index (κ3) is 5.85. The zero-order chi connectivity index (χ0) is 25.3. The smallest absolute Gasteiger partial charge is 0.241 e. The van der Waals surface area contributed by atoms with Crippen LogP contribution in [0.2, 0.25) is 0 Å². The van der Waals surface area contributed by atoms with E-state index in [2.05, 4.69) is 46.7 Å². The first-order chi connectivity index (χ1) is 16.5. The largest absolute Gasteiger partial charge is 0.368 e. The molecule has 0 saturated carbocycles. The quantitative estimate of drug-likeness (QED) is 0.509. The topological polar surface area (TPSA) is 82.6 Å². The van der Waals surface area contributed by atoms with E-state index in [9.17, 15) is 13.2 Å². The summed E-state index contributed by atoms with van der Waals surface area (Å²) in [5.74, 6) is 0.00658. The molecule has 0 aliphatic carbocycles. The highest BCUT2D eigenvalue weighted by molar-refractivity contribution is 7.89. The normalized spacial score (nSPS) is 15.7. The van der Waals surface area contributed by atoms with Gasteiger partial charge in [-0.05, 0) is 68.5 Å². The van der Waals surface area contributed by atoms with Gasteiger partial charge in [0.1, 0.15) is 6.04 Å². The molecule has 1 atom stereocenters. The monoisotopic (exact) mass is 514 g/mol. The Morgan fingerprint density at radius 3 is 2.46 bits per heavy atom. The molecule has 1 aromatic heterocycles. The molecule has 9 heteroatoms. The molecule has 2 heterocycles. The van der Waals surface area contributed by atoms with E-state index in [1.165, 1.54) is 28.2 Å². The zero-order valence-electron chi connectivity index (χ0n) is 21.0. The summed E-state index contributed by atoms with van der Waals surface area (Å²) in [7, 11) is -3.86. The molecular weight excluding hydrogens is 480 g/mol. The second-order valence-corrected chi connectivity index (χ2v) is 12.7. The van der Waals surface area contributed by atoms with E-state index in [4.69, 9.17) is 0 Å². The maximum absolute atomic E-state index is 13.5. The van der Waals surface area contributed by atoms with Gasteiger partial charge >= 0.3 is 0 Å². The van der Waals surface area contributed by atoms with Gasteiger partial charge in [-0.1, -0.05) is 26.0 Å². The molecule has 1 aliphatic heterocycles. The van der Waals surface area contributed by atoms with Crippen LogP contribution in [0.15, 0.2) is 41.3 Å². The Hall–Kier alpha value is -2.49. The number of sulfonamides is 1. The van der Waals surface area contributed by atoms with E-state index in [-0.39, 0.29) is 16.7 Å². The van der Waals surface area contributed by atoms with Crippen LogP contribution in [0.5, 0.6) is 0 Å². The summed E-state index contributed by atoms with van der Waals surface area (Å²) in [6, 6.07) is 10.5. The van der Waals surface area contributed by atoms with Gasteiger partial charge in [0.15, 0.2) is 0 Å². The number of amides is 1. The SMILES string of the molecule is Cc1ccc(C)c(N2CCN(C(=O)[C@H](CC(C)C)NS(=O)(=O)c3ccc4nc(C)sc4c3)CC2)c1. The number of hydrogen-bond donors (Lipinski definition) is 1. The number of carbonyl (C=O) groups is 1. The highest BCUT2D eigenvalue weighted by atomic mass is 32.2. The van der Waals surface area contributed by atoms with Crippen molar-refractivity contribution in [3.8, 4) is 0 Å². The summed E-state index contributed by atoms with van der Waals surface area (Å²) in [6.45, 7) is 12.6. The number of aryl methyl sites for hydroxylation is 3. The summed E-state index contributed by atoms with van der Waals surface area (Å²) in [5.41, 5.74) is 4.41. The summed E-state index contributed by atoms with van der Waals surface area (Å²) in [6.07, 6.45) is 0.442. The van der Waals surface area contributed by atoms with Gasteiger partial charge < -0.3 is 9.80 Å². The minimum Gasteiger partial charge on any atom is -0.368 e. The first kappa shape index (κ1) is 25.6. The minimum atomic E-state index is -3.86. The highest BCUT2D eigenvalue weighted by Gasteiger charge is 2.32. The maximum Gasteiger partial charge on any atom is 0.241 e. The first-order valence-electron chi connectivity index (χ1n) is 12.0. The van der Waals surface area contributed by atoms with Gasteiger partial charge in [-0.25, -0.2) is 13.4 Å². The van der Waals surface area contributed by atoms with Crippen LogP contribution in [0.25, 0.3) is 10.2 Å². The standard InChI is InChI=1S/C26H34N4O3S2/c1-17(2)14-23(28-35(32,33)21-8-9-22-25(16-21)34-20(5)27-22)26(31)30-12-10-29(11-13-30)24-15-18(3)6-7-19(24)4/h6-9,15-17,23,28H,10-14H2,1-5H3/t23-/m0/s1. The molecular formula is C26H34N4O3S2. The predicted octanol–water partition coefficient (Wildman–Crippen LogP) is 4.26. The number of rotatable bonds is 7. The molecule has 0 radical (unpaired) electrons. The maximum atomic E-state index is 13.5. The molecule has 0 unspecified atom stereocenters. The van der Waals surface area contributed by atoms with Crippen LogP contribution in [0.3, 0.4) is 0 Å². The van der Waals surface area contributed by atoms with Crippen LogP contribution < -0.4 is 9.62 Å². The van der Waals surface area contributed by atoms with Gasteiger partial charge in [-0.3, -0.25) is 4.79 Å². The number of nitrogens with zero attached hydrogens (tertiary/aromatic N) is 3. The zero-order valence-corrected chi connectivity index (χ0v) is 22.7. The molecule has 0 spiro atoms.